The molecule has 166 valence electrons. The van der Waals surface area contributed by atoms with Gasteiger partial charge in [0.25, 0.3) is 0 Å². The van der Waals surface area contributed by atoms with Gasteiger partial charge in [0.1, 0.15) is 24.1 Å². The molecule has 0 spiro atoms. The minimum Gasteiger partial charge on any atom is -0.495 e. The van der Waals surface area contributed by atoms with Crippen molar-refractivity contribution in [2.75, 3.05) is 39.6 Å². The Balaban J connectivity index is 2.80. The molecule has 0 aromatic carbocycles. The first kappa shape index (κ1) is 25.3. The second kappa shape index (κ2) is 16.1. The molecular weight excluding hydrogens is 364 g/mol. The van der Waals surface area contributed by atoms with Crippen LogP contribution in [0.25, 0.3) is 0 Å². The molecular formula is C21H40O7. The van der Waals surface area contributed by atoms with E-state index < -0.39 is 18.5 Å². The predicted octanol–water partition coefficient (Wildman–Crippen LogP) is 2.78. The highest BCUT2D eigenvalue weighted by Crippen LogP contribution is 2.25. The molecule has 2 N–H and O–H groups in total. The largest absolute Gasteiger partial charge is 0.495 e. The molecule has 7 heteroatoms. The van der Waals surface area contributed by atoms with Crippen LogP contribution in [-0.2, 0) is 23.7 Å². The van der Waals surface area contributed by atoms with E-state index in [1.807, 2.05) is 6.08 Å². The van der Waals surface area contributed by atoms with Gasteiger partial charge in [-0.05, 0) is 25.3 Å². The zero-order valence-electron chi connectivity index (χ0n) is 17.8. The van der Waals surface area contributed by atoms with E-state index in [0.717, 1.165) is 38.5 Å². The molecule has 1 aliphatic rings. The van der Waals surface area contributed by atoms with Crippen molar-refractivity contribution >= 4 is 0 Å². The van der Waals surface area contributed by atoms with Gasteiger partial charge in [-0.1, -0.05) is 40.0 Å². The SMILES string of the molecule is CCCCOCC1OC(OCC(O)CO)C(OCCCC)C=C1OCCCC. The lowest BCUT2D eigenvalue weighted by Gasteiger charge is -2.35. The summed E-state index contributed by atoms with van der Waals surface area (Å²) in [6, 6.07) is 0. The summed E-state index contributed by atoms with van der Waals surface area (Å²) in [4.78, 5) is 0. The molecule has 1 aliphatic heterocycles. The van der Waals surface area contributed by atoms with Crippen molar-refractivity contribution in [3.63, 3.8) is 0 Å². The van der Waals surface area contributed by atoms with E-state index in [2.05, 4.69) is 20.8 Å². The molecule has 1 heterocycles. The van der Waals surface area contributed by atoms with Crippen LogP contribution in [0.4, 0.5) is 0 Å². The monoisotopic (exact) mass is 404 g/mol. The van der Waals surface area contributed by atoms with Crippen molar-refractivity contribution < 1.29 is 33.9 Å². The number of unbranched alkanes of at least 4 members (excludes halogenated alkanes) is 3. The smallest absolute Gasteiger partial charge is 0.188 e. The summed E-state index contributed by atoms with van der Waals surface area (Å²) in [5.41, 5.74) is 0. The van der Waals surface area contributed by atoms with Crippen LogP contribution >= 0.6 is 0 Å². The van der Waals surface area contributed by atoms with Crippen molar-refractivity contribution in [1.29, 1.82) is 0 Å². The van der Waals surface area contributed by atoms with E-state index in [1.165, 1.54) is 0 Å². The third kappa shape index (κ3) is 10.2. The Bertz CT molecular complexity index is 402. The van der Waals surface area contributed by atoms with Crippen LogP contribution in [0.5, 0.6) is 0 Å². The Hall–Kier alpha value is -0.700. The van der Waals surface area contributed by atoms with Crippen molar-refractivity contribution in [2.24, 2.45) is 0 Å². The van der Waals surface area contributed by atoms with Crippen molar-refractivity contribution in [3.8, 4) is 0 Å². The minimum atomic E-state index is -0.953. The molecule has 0 aromatic rings. The van der Waals surface area contributed by atoms with E-state index in [0.29, 0.717) is 32.2 Å². The van der Waals surface area contributed by atoms with Crippen molar-refractivity contribution in [1.82, 2.24) is 0 Å². The van der Waals surface area contributed by atoms with Gasteiger partial charge in [-0.15, -0.1) is 0 Å². The average Bonchev–Trinajstić information content (AvgIpc) is 2.71. The molecule has 28 heavy (non-hydrogen) atoms. The third-order valence-corrected chi connectivity index (χ3v) is 4.36. The first-order valence-corrected chi connectivity index (χ1v) is 10.8. The van der Waals surface area contributed by atoms with Crippen LogP contribution in [0.3, 0.4) is 0 Å². The van der Waals surface area contributed by atoms with E-state index in [-0.39, 0.29) is 19.3 Å². The maximum absolute atomic E-state index is 9.61. The molecule has 0 radical (unpaired) electrons. The highest BCUT2D eigenvalue weighted by Gasteiger charge is 2.35. The Morgan fingerprint density at radius 1 is 1.00 bits per heavy atom. The summed E-state index contributed by atoms with van der Waals surface area (Å²) in [5.74, 6) is 0.717. The first-order valence-electron chi connectivity index (χ1n) is 10.8. The minimum absolute atomic E-state index is 0.0297. The van der Waals surface area contributed by atoms with Crippen LogP contribution in [-0.4, -0.2) is 74.5 Å². The second-order valence-electron chi connectivity index (χ2n) is 7.05. The van der Waals surface area contributed by atoms with E-state index >= 15 is 0 Å². The number of rotatable bonds is 17. The van der Waals surface area contributed by atoms with E-state index in [4.69, 9.17) is 28.8 Å². The van der Waals surface area contributed by atoms with Gasteiger partial charge in [0, 0.05) is 13.2 Å². The molecule has 4 atom stereocenters. The topological polar surface area (TPSA) is 86.6 Å². The zero-order chi connectivity index (χ0) is 20.6. The van der Waals surface area contributed by atoms with Crippen molar-refractivity contribution in [2.45, 2.75) is 83.9 Å². The highest BCUT2D eigenvalue weighted by molar-refractivity contribution is 5.09. The van der Waals surface area contributed by atoms with Gasteiger partial charge in [-0.25, -0.2) is 0 Å². The second-order valence-corrected chi connectivity index (χ2v) is 7.05. The lowest BCUT2D eigenvalue weighted by Crippen LogP contribution is -2.44. The van der Waals surface area contributed by atoms with Crippen LogP contribution < -0.4 is 0 Å². The molecule has 4 unspecified atom stereocenters. The number of aliphatic hydroxyl groups excluding tert-OH is 2. The van der Waals surface area contributed by atoms with Crippen molar-refractivity contribution in [3.05, 3.63) is 11.8 Å². The van der Waals surface area contributed by atoms with Gasteiger partial charge in [-0.2, -0.15) is 0 Å². The summed E-state index contributed by atoms with van der Waals surface area (Å²) in [5, 5.41) is 18.6. The molecule has 0 aromatic heterocycles. The molecule has 0 amide bonds. The zero-order valence-corrected chi connectivity index (χ0v) is 17.8. The van der Waals surface area contributed by atoms with Crippen LogP contribution in [0.15, 0.2) is 11.8 Å². The fourth-order valence-electron chi connectivity index (χ4n) is 2.57. The fraction of sp³-hybridized carbons (Fsp3) is 0.905. The summed E-state index contributed by atoms with van der Waals surface area (Å²) < 4.78 is 29.4. The van der Waals surface area contributed by atoms with Crippen LogP contribution in [0.1, 0.15) is 59.3 Å². The Kier molecular flexibility index (Phi) is 14.6. The number of ether oxygens (including phenoxy) is 5. The maximum Gasteiger partial charge on any atom is 0.188 e. The standard InChI is InChI=1S/C21H40O7/c1-4-7-10-24-16-20-18(25-11-8-5-2)13-19(26-12-9-6-3)21(28-20)27-15-17(23)14-22/h13,17,19-23H,4-12,14-16H2,1-3H3. The van der Waals surface area contributed by atoms with Gasteiger partial charge < -0.3 is 33.9 Å². The average molecular weight is 405 g/mol. The first-order chi connectivity index (χ1) is 13.7. The Labute approximate surface area is 169 Å². The summed E-state index contributed by atoms with van der Waals surface area (Å²) in [6.45, 7) is 8.20. The normalized spacial score (nSPS) is 23.5. The quantitative estimate of drug-likeness (QED) is 0.361. The molecule has 0 fully saturated rings. The van der Waals surface area contributed by atoms with Gasteiger partial charge >= 0.3 is 0 Å². The van der Waals surface area contributed by atoms with Gasteiger partial charge in [0.2, 0.25) is 0 Å². The van der Waals surface area contributed by atoms with E-state index in [9.17, 15) is 5.11 Å². The lowest BCUT2D eigenvalue weighted by molar-refractivity contribution is -0.240. The predicted molar refractivity (Wildman–Crippen MR) is 107 cm³/mol. The Morgan fingerprint density at radius 2 is 1.68 bits per heavy atom. The summed E-state index contributed by atoms with van der Waals surface area (Å²) in [7, 11) is 0. The summed E-state index contributed by atoms with van der Waals surface area (Å²) >= 11 is 0. The number of aliphatic hydroxyl groups is 2. The van der Waals surface area contributed by atoms with Crippen LogP contribution in [0, 0.1) is 0 Å². The highest BCUT2D eigenvalue weighted by atomic mass is 16.7. The molecule has 0 saturated carbocycles. The Morgan fingerprint density at radius 3 is 2.36 bits per heavy atom. The fourth-order valence-corrected chi connectivity index (χ4v) is 2.57. The summed E-state index contributed by atoms with van der Waals surface area (Å²) in [6.07, 6.45) is 5.51. The third-order valence-electron chi connectivity index (χ3n) is 4.36. The van der Waals surface area contributed by atoms with E-state index in [1.54, 1.807) is 0 Å². The number of hydrogen-bond acceptors (Lipinski definition) is 7. The maximum atomic E-state index is 9.61. The van der Waals surface area contributed by atoms with Gasteiger partial charge in [0.05, 0.1) is 26.4 Å². The molecule has 7 nitrogen and oxygen atoms in total. The lowest BCUT2D eigenvalue weighted by atomic mass is 10.1. The molecule has 0 saturated heterocycles. The molecule has 0 aliphatic carbocycles. The number of hydrogen-bond donors (Lipinski definition) is 2. The van der Waals surface area contributed by atoms with Crippen LogP contribution in [0.2, 0.25) is 0 Å². The molecule has 0 bridgehead atoms. The van der Waals surface area contributed by atoms with Gasteiger partial charge in [0.15, 0.2) is 6.29 Å². The van der Waals surface area contributed by atoms with Gasteiger partial charge in [-0.3, -0.25) is 0 Å². The molecule has 1 rings (SSSR count).